The van der Waals surface area contributed by atoms with Crippen LogP contribution >= 0.6 is 25.3 Å². The number of carbonyl (C=O) groups excluding carboxylic acids is 7. The van der Waals surface area contributed by atoms with Crippen molar-refractivity contribution in [2.45, 2.75) is 139 Å². The van der Waals surface area contributed by atoms with Crippen molar-refractivity contribution in [3.8, 4) is 0 Å². The van der Waals surface area contributed by atoms with E-state index >= 15 is 0 Å². The Morgan fingerprint density at radius 2 is 1.44 bits per heavy atom. The fourth-order valence-corrected chi connectivity index (χ4v) is 8.81. The Balaban J connectivity index is 1.51. The second-order valence-electron chi connectivity index (χ2n) is 16.7. The highest BCUT2D eigenvalue weighted by molar-refractivity contribution is 7.80. The maximum Gasteiger partial charge on any atom is 0.327 e. The minimum atomic E-state index is -1.65. The van der Waals surface area contributed by atoms with Crippen LogP contribution in [0.2, 0.25) is 0 Å². The zero-order valence-electron chi connectivity index (χ0n) is 36.5. The van der Waals surface area contributed by atoms with Gasteiger partial charge in [0.15, 0.2) is 0 Å². The lowest BCUT2D eigenvalue weighted by molar-refractivity contribution is -0.149. The SMILES string of the molecule is CCCCCC[C@](N)(CS)C(=O)N1CCC[C@H]1C(=O)N1CCC[C@H]1C(=O)N[C@H](C(=O)N[C@@H](CCC(N)=O)C(=O)N[C@@H](Cc1cccc2ccccc12)C(=O)N[C@@H](CS)C(=O)O)[C@@H](C)O. The molecule has 10 N–H and O–H groups in total. The largest absolute Gasteiger partial charge is 0.480 e. The highest BCUT2D eigenvalue weighted by atomic mass is 32.1. The molecule has 2 aliphatic heterocycles. The number of primary amides is 1. The third-order valence-corrected chi connectivity index (χ3v) is 12.9. The van der Waals surface area contributed by atoms with Crippen LogP contribution in [0, 0.1) is 0 Å². The highest BCUT2D eigenvalue weighted by Crippen LogP contribution is 2.29. The fourth-order valence-electron chi connectivity index (χ4n) is 8.27. The van der Waals surface area contributed by atoms with E-state index in [0.717, 1.165) is 36.5 Å². The highest BCUT2D eigenvalue weighted by Gasteiger charge is 2.46. The standard InChI is InChI=1S/C44H64N8O10S2/c1-3-4-5-8-20-44(46,25-64)43(62)52-22-11-17-34(52)41(59)51-21-10-16-33(51)39(57)50-36(26(2)53)40(58)47-30(18-19-35(45)54)37(55)48-31(38(56)49-32(24-63)42(60)61)23-28-14-9-13-27-12-6-7-15-29(27)28/h6-7,9,12-15,26,30-34,36,53,63-64H,3-5,8,10-11,16-25,46H2,1-2H3,(H2,45,54)(H,47,58)(H,48,55)(H,49,56)(H,50,57)(H,60,61)/t26-,30+,31+,32+,33+,34+,36+,44+/m1/s1. The van der Waals surface area contributed by atoms with Crippen molar-refractivity contribution in [3.05, 3.63) is 48.0 Å². The first-order chi connectivity index (χ1) is 30.5. The van der Waals surface area contributed by atoms with E-state index in [4.69, 9.17) is 11.5 Å². The number of likely N-dealkylation sites (tertiary alicyclic amines) is 2. The molecular weight excluding hydrogens is 865 g/mol. The number of benzene rings is 2. The Morgan fingerprint density at radius 1 is 0.812 bits per heavy atom. The third-order valence-electron chi connectivity index (χ3n) is 11.9. The molecule has 2 aliphatic rings. The van der Waals surface area contributed by atoms with E-state index in [1.807, 2.05) is 24.3 Å². The van der Waals surface area contributed by atoms with E-state index in [1.54, 1.807) is 18.2 Å². The van der Waals surface area contributed by atoms with Gasteiger partial charge in [0.2, 0.25) is 41.4 Å². The summed E-state index contributed by atoms with van der Waals surface area (Å²) >= 11 is 8.43. The van der Waals surface area contributed by atoms with Crippen LogP contribution in [0.15, 0.2) is 42.5 Å². The molecule has 8 atom stereocenters. The number of aliphatic hydroxyl groups excluding tert-OH is 1. The van der Waals surface area contributed by atoms with Gasteiger partial charge in [-0.3, -0.25) is 33.6 Å². The first-order valence-corrected chi connectivity index (χ1v) is 23.2. The monoisotopic (exact) mass is 928 g/mol. The Labute approximate surface area is 384 Å². The summed E-state index contributed by atoms with van der Waals surface area (Å²) < 4.78 is 0. The summed E-state index contributed by atoms with van der Waals surface area (Å²) in [6.07, 6.45) is 3.36. The lowest BCUT2D eigenvalue weighted by atomic mass is 9.93. The summed E-state index contributed by atoms with van der Waals surface area (Å²) in [6.45, 7) is 3.86. The number of nitrogens with one attached hydrogen (secondary N) is 4. The lowest BCUT2D eigenvalue weighted by Crippen LogP contribution is -2.62. The topological polar surface area (TPSA) is 284 Å². The van der Waals surface area contributed by atoms with Gasteiger partial charge in [-0.1, -0.05) is 75.1 Å². The fraction of sp³-hybridized carbons (Fsp3) is 0.591. The van der Waals surface area contributed by atoms with Crippen molar-refractivity contribution in [3.63, 3.8) is 0 Å². The van der Waals surface area contributed by atoms with Gasteiger partial charge in [-0.25, -0.2) is 4.79 Å². The summed E-state index contributed by atoms with van der Waals surface area (Å²) in [5.74, 6) is -6.66. The Morgan fingerprint density at radius 3 is 2.08 bits per heavy atom. The molecule has 2 fully saturated rings. The minimum absolute atomic E-state index is 0.0998. The number of carboxylic acid groups (broad SMARTS) is 1. The second-order valence-corrected chi connectivity index (χ2v) is 17.4. The van der Waals surface area contributed by atoms with Crippen LogP contribution in [0.3, 0.4) is 0 Å². The first kappa shape index (κ1) is 51.7. The molecule has 2 heterocycles. The molecule has 7 amide bonds. The Hall–Kier alpha value is -4.92. The molecular formula is C44H64N8O10S2. The number of unbranched alkanes of at least 4 members (excludes halogenated alkanes) is 3. The van der Waals surface area contributed by atoms with Crippen LogP contribution in [-0.4, -0.2) is 140 Å². The van der Waals surface area contributed by atoms with Crippen LogP contribution in [0.4, 0.5) is 0 Å². The molecule has 20 heteroatoms. The van der Waals surface area contributed by atoms with Crippen LogP contribution in [0.1, 0.15) is 90.0 Å². The average molecular weight is 929 g/mol. The average Bonchev–Trinajstić information content (AvgIpc) is 3.98. The van der Waals surface area contributed by atoms with E-state index in [2.05, 4.69) is 53.4 Å². The predicted molar refractivity (Wildman–Crippen MR) is 246 cm³/mol. The van der Waals surface area contributed by atoms with Crippen molar-refractivity contribution in [1.29, 1.82) is 0 Å². The van der Waals surface area contributed by atoms with Gasteiger partial charge in [-0.2, -0.15) is 25.3 Å². The molecule has 2 aromatic carbocycles. The van der Waals surface area contributed by atoms with Crippen LogP contribution < -0.4 is 32.7 Å². The number of rotatable bonds is 24. The molecule has 64 heavy (non-hydrogen) atoms. The number of amides is 7. The maximum absolute atomic E-state index is 14.1. The number of nitrogens with zero attached hydrogens (tertiary/aromatic N) is 2. The number of thiol groups is 2. The third kappa shape index (κ3) is 13.6. The summed E-state index contributed by atoms with van der Waals surface area (Å²) in [7, 11) is 0. The number of fused-ring (bicyclic) bond motifs is 1. The molecule has 18 nitrogen and oxygen atoms in total. The number of aliphatic carboxylic acids is 1. The number of carboxylic acids is 1. The number of carbonyl (C=O) groups is 8. The van der Waals surface area contributed by atoms with Gasteiger partial charge < -0.3 is 52.7 Å². The molecule has 4 rings (SSSR count). The van der Waals surface area contributed by atoms with E-state index in [-0.39, 0.29) is 49.6 Å². The van der Waals surface area contributed by atoms with Gasteiger partial charge >= 0.3 is 5.97 Å². The zero-order valence-corrected chi connectivity index (χ0v) is 38.3. The van der Waals surface area contributed by atoms with Gasteiger partial charge in [0, 0.05) is 37.4 Å². The van der Waals surface area contributed by atoms with Crippen molar-refractivity contribution in [1.82, 2.24) is 31.1 Å². The van der Waals surface area contributed by atoms with Crippen LogP contribution in [0.5, 0.6) is 0 Å². The normalized spacial score (nSPS) is 19.4. The number of aliphatic hydroxyl groups is 1. The van der Waals surface area contributed by atoms with Crippen LogP contribution in [-0.2, 0) is 44.8 Å². The van der Waals surface area contributed by atoms with Gasteiger partial charge in [0.1, 0.15) is 41.8 Å². The molecule has 0 unspecified atom stereocenters. The summed E-state index contributed by atoms with van der Waals surface area (Å²) in [6, 6.07) is 4.83. The molecule has 2 saturated heterocycles. The smallest absolute Gasteiger partial charge is 0.327 e. The van der Waals surface area contributed by atoms with Gasteiger partial charge in [0.25, 0.3) is 0 Å². The Bertz CT molecular complexity index is 2000. The van der Waals surface area contributed by atoms with Crippen molar-refractivity contribution in [2.75, 3.05) is 24.6 Å². The molecule has 0 saturated carbocycles. The number of hydrogen-bond acceptors (Lipinski definition) is 12. The second kappa shape index (κ2) is 24.4. The molecule has 0 bridgehead atoms. The molecule has 0 aliphatic carbocycles. The number of hydrogen-bond donors (Lipinski definition) is 10. The molecule has 2 aromatic rings. The van der Waals surface area contributed by atoms with Gasteiger partial charge in [-0.05, 0) is 61.8 Å². The van der Waals surface area contributed by atoms with E-state index in [0.29, 0.717) is 37.8 Å². The number of nitrogens with two attached hydrogens (primary N) is 2. The molecule has 0 spiro atoms. The van der Waals surface area contributed by atoms with E-state index in [9.17, 15) is 48.6 Å². The van der Waals surface area contributed by atoms with Crippen molar-refractivity contribution < 1.29 is 48.6 Å². The summed E-state index contributed by atoms with van der Waals surface area (Å²) in [4.78, 5) is 110. The molecule has 0 radical (unpaired) electrons. The molecule has 352 valence electrons. The quantitative estimate of drug-likeness (QED) is 0.0513. The lowest BCUT2D eigenvalue weighted by Gasteiger charge is -2.36. The maximum atomic E-state index is 14.1. The van der Waals surface area contributed by atoms with E-state index in [1.165, 1.54) is 16.7 Å². The van der Waals surface area contributed by atoms with Crippen molar-refractivity contribution >= 4 is 83.3 Å². The van der Waals surface area contributed by atoms with Crippen molar-refractivity contribution in [2.24, 2.45) is 11.5 Å². The predicted octanol–water partition coefficient (Wildman–Crippen LogP) is 0.562. The van der Waals surface area contributed by atoms with Gasteiger partial charge in [0.05, 0.1) is 6.10 Å². The summed E-state index contributed by atoms with van der Waals surface area (Å²) in [5.41, 5.74) is 11.4. The Kier molecular flexibility index (Phi) is 19.7. The first-order valence-electron chi connectivity index (χ1n) is 22.0. The van der Waals surface area contributed by atoms with E-state index < -0.39 is 89.3 Å². The summed E-state index contributed by atoms with van der Waals surface area (Å²) in [5, 5.41) is 32.0. The molecule has 0 aromatic heterocycles. The zero-order chi connectivity index (χ0) is 47.1. The van der Waals surface area contributed by atoms with Crippen LogP contribution in [0.25, 0.3) is 10.8 Å². The van der Waals surface area contributed by atoms with Gasteiger partial charge in [-0.15, -0.1) is 0 Å². The minimum Gasteiger partial charge on any atom is -0.480 e.